The Kier molecular flexibility index (Phi) is 6.02. The molecule has 0 aliphatic carbocycles. The topological polar surface area (TPSA) is 82.6 Å². The van der Waals surface area contributed by atoms with Crippen LogP contribution < -0.4 is 19.5 Å². The van der Waals surface area contributed by atoms with Crippen molar-refractivity contribution in [3.8, 4) is 28.6 Å². The average molecular weight is 419 g/mol. The highest BCUT2D eigenvalue weighted by Crippen LogP contribution is 2.35. The van der Waals surface area contributed by atoms with Crippen molar-refractivity contribution in [2.24, 2.45) is 0 Å². The number of hydrogen-bond acceptors (Lipinski definition) is 6. The molecule has 0 saturated heterocycles. The van der Waals surface area contributed by atoms with Gasteiger partial charge >= 0.3 is 0 Å². The van der Waals surface area contributed by atoms with Gasteiger partial charge in [-0.15, -0.1) is 0 Å². The van der Waals surface area contributed by atoms with Gasteiger partial charge in [-0.1, -0.05) is 12.1 Å². The Morgan fingerprint density at radius 1 is 1.16 bits per heavy atom. The van der Waals surface area contributed by atoms with Crippen molar-refractivity contribution in [1.29, 1.82) is 0 Å². The standard InChI is InChI=1S/C24H25N3O4/c1-15(2)31-22-8-7-17(13-26-22)24(28)27-18-12-20-19(5-4-6-21(20)30-14-18)16-9-10-25-23(11-16)29-3/h4-11,13,15,18H,12,14H2,1-3H3,(H,27,28)/t18-/m0/s1. The molecule has 1 atom stereocenters. The minimum absolute atomic E-state index is 0.0289. The SMILES string of the molecule is COc1cc(-c2cccc3c2C[C@H](NC(=O)c2ccc(OC(C)C)nc2)CO3)ccn1. The average Bonchev–Trinajstić information content (AvgIpc) is 2.78. The molecule has 0 bridgehead atoms. The van der Waals surface area contributed by atoms with Gasteiger partial charge in [0, 0.05) is 36.5 Å². The highest BCUT2D eigenvalue weighted by molar-refractivity contribution is 5.94. The van der Waals surface area contributed by atoms with E-state index in [-0.39, 0.29) is 18.1 Å². The number of nitrogens with zero attached hydrogens (tertiary/aromatic N) is 2. The second-order valence-electron chi connectivity index (χ2n) is 7.61. The third-order valence-corrected chi connectivity index (χ3v) is 4.97. The Balaban J connectivity index is 1.50. The van der Waals surface area contributed by atoms with Crippen LogP contribution in [0.5, 0.6) is 17.5 Å². The largest absolute Gasteiger partial charge is 0.491 e. The summed E-state index contributed by atoms with van der Waals surface area (Å²) in [6, 6.07) is 13.0. The molecule has 1 N–H and O–H groups in total. The fourth-order valence-corrected chi connectivity index (χ4v) is 3.55. The Labute approximate surface area is 181 Å². The molecule has 0 saturated carbocycles. The third-order valence-electron chi connectivity index (χ3n) is 4.97. The van der Waals surface area contributed by atoms with Gasteiger partial charge in [0.15, 0.2) is 0 Å². The second-order valence-corrected chi connectivity index (χ2v) is 7.61. The lowest BCUT2D eigenvalue weighted by Crippen LogP contribution is -2.42. The molecule has 7 heteroatoms. The molecule has 1 amide bonds. The quantitative estimate of drug-likeness (QED) is 0.656. The summed E-state index contributed by atoms with van der Waals surface area (Å²) < 4.78 is 16.7. The Hall–Kier alpha value is -3.61. The molecule has 7 nitrogen and oxygen atoms in total. The van der Waals surface area contributed by atoms with Crippen LogP contribution >= 0.6 is 0 Å². The number of fused-ring (bicyclic) bond motifs is 1. The minimum Gasteiger partial charge on any atom is -0.491 e. The first-order valence-corrected chi connectivity index (χ1v) is 10.2. The number of hydrogen-bond donors (Lipinski definition) is 1. The molecule has 4 rings (SSSR count). The minimum atomic E-state index is -0.191. The second kappa shape index (κ2) is 9.04. The molecule has 2 aromatic heterocycles. The van der Waals surface area contributed by atoms with Gasteiger partial charge in [0.1, 0.15) is 12.4 Å². The number of pyridine rings is 2. The van der Waals surface area contributed by atoms with Crippen LogP contribution in [-0.4, -0.2) is 41.7 Å². The van der Waals surface area contributed by atoms with Gasteiger partial charge in [0.25, 0.3) is 5.91 Å². The van der Waals surface area contributed by atoms with E-state index >= 15 is 0 Å². The van der Waals surface area contributed by atoms with Crippen molar-refractivity contribution in [2.75, 3.05) is 13.7 Å². The van der Waals surface area contributed by atoms with Crippen LogP contribution in [0.3, 0.4) is 0 Å². The van der Waals surface area contributed by atoms with Crippen LogP contribution in [0.4, 0.5) is 0 Å². The number of amides is 1. The van der Waals surface area contributed by atoms with Crippen LogP contribution in [0.25, 0.3) is 11.1 Å². The van der Waals surface area contributed by atoms with Crippen LogP contribution in [0.1, 0.15) is 29.8 Å². The molecule has 0 unspecified atom stereocenters. The van der Waals surface area contributed by atoms with E-state index in [9.17, 15) is 4.79 Å². The number of methoxy groups -OCH3 is 1. The molecule has 1 aliphatic heterocycles. The van der Waals surface area contributed by atoms with E-state index in [2.05, 4.69) is 15.3 Å². The van der Waals surface area contributed by atoms with E-state index in [0.29, 0.717) is 30.4 Å². The van der Waals surface area contributed by atoms with Crippen molar-refractivity contribution in [3.05, 3.63) is 66.0 Å². The van der Waals surface area contributed by atoms with E-state index in [0.717, 1.165) is 22.4 Å². The maximum absolute atomic E-state index is 12.7. The summed E-state index contributed by atoms with van der Waals surface area (Å²) in [5, 5.41) is 3.06. The molecule has 160 valence electrons. The van der Waals surface area contributed by atoms with E-state index in [1.807, 2.05) is 44.2 Å². The Morgan fingerprint density at radius 2 is 2.03 bits per heavy atom. The third kappa shape index (κ3) is 4.77. The maximum atomic E-state index is 12.7. The summed E-state index contributed by atoms with van der Waals surface area (Å²) in [5.41, 5.74) is 3.55. The summed E-state index contributed by atoms with van der Waals surface area (Å²) in [6.07, 6.45) is 3.93. The number of carbonyl (C=O) groups is 1. The zero-order chi connectivity index (χ0) is 21.8. The molecule has 0 radical (unpaired) electrons. The zero-order valence-electron chi connectivity index (χ0n) is 17.8. The Bertz CT molecular complexity index is 1070. The molecule has 1 aromatic carbocycles. The number of nitrogens with one attached hydrogen (secondary N) is 1. The van der Waals surface area contributed by atoms with E-state index < -0.39 is 0 Å². The fraction of sp³-hybridized carbons (Fsp3) is 0.292. The summed E-state index contributed by atoms with van der Waals surface area (Å²) >= 11 is 0. The lowest BCUT2D eigenvalue weighted by molar-refractivity contribution is 0.0915. The van der Waals surface area contributed by atoms with Crippen molar-refractivity contribution in [1.82, 2.24) is 15.3 Å². The predicted molar refractivity (Wildman–Crippen MR) is 117 cm³/mol. The van der Waals surface area contributed by atoms with Crippen molar-refractivity contribution in [2.45, 2.75) is 32.4 Å². The van der Waals surface area contributed by atoms with Crippen molar-refractivity contribution in [3.63, 3.8) is 0 Å². The molecular weight excluding hydrogens is 394 g/mol. The lowest BCUT2D eigenvalue weighted by atomic mass is 9.93. The van der Waals surface area contributed by atoms with Crippen LogP contribution in [0.15, 0.2) is 54.9 Å². The highest BCUT2D eigenvalue weighted by Gasteiger charge is 2.25. The molecule has 3 aromatic rings. The van der Waals surface area contributed by atoms with Crippen LogP contribution in [0, 0.1) is 0 Å². The van der Waals surface area contributed by atoms with Crippen molar-refractivity contribution < 1.29 is 19.0 Å². The van der Waals surface area contributed by atoms with Gasteiger partial charge in [-0.2, -0.15) is 0 Å². The molecule has 0 spiro atoms. The molecule has 31 heavy (non-hydrogen) atoms. The van der Waals surface area contributed by atoms with E-state index in [1.54, 1.807) is 25.4 Å². The number of benzene rings is 1. The molecule has 3 heterocycles. The van der Waals surface area contributed by atoms with Gasteiger partial charge in [0.05, 0.1) is 24.8 Å². The number of aromatic nitrogens is 2. The number of rotatable bonds is 6. The molecule has 0 fully saturated rings. The summed E-state index contributed by atoms with van der Waals surface area (Å²) in [7, 11) is 1.59. The Morgan fingerprint density at radius 3 is 2.77 bits per heavy atom. The van der Waals surface area contributed by atoms with E-state index in [4.69, 9.17) is 14.2 Å². The fourth-order valence-electron chi connectivity index (χ4n) is 3.55. The van der Waals surface area contributed by atoms with Gasteiger partial charge in [-0.3, -0.25) is 4.79 Å². The predicted octanol–water partition coefficient (Wildman–Crippen LogP) is 3.67. The van der Waals surface area contributed by atoms with Gasteiger partial charge in [0.2, 0.25) is 11.8 Å². The first-order valence-electron chi connectivity index (χ1n) is 10.2. The normalized spacial score (nSPS) is 15.0. The lowest BCUT2D eigenvalue weighted by Gasteiger charge is -2.28. The maximum Gasteiger partial charge on any atom is 0.253 e. The first-order chi connectivity index (χ1) is 15.0. The highest BCUT2D eigenvalue weighted by atomic mass is 16.5. The zero-order valence-corrected chi connectivity index (χ0v) is 17.8. The number of ether oxygens (including phenoxy) is 3. The van der Waals surface area contributed by atoms with E-state index in [1.165, 1.54) is 6.20 Å². The monoisotopic (exact) mass is 419 g/mol. The number of carbonyl (C=O) groups excluding carboxylic acids is 1. The van der Waals surface area contributed by atoms with Crippen LogP contribution in [-0.2, 0) is 6.42 Å². The van der Waals surface area contributed by atoms with Gasteiger partial charge < -0.3 is 19.5 Å². The van der Waals surface area contributed by atoms with Gasteiger partial charge in [-0.05, 0) is 43.2 Å². The smallest absolute Gasteiger partial charge is 0.253 e. The molecular formula is C24H25N3O4. The first kappa shape index (κ1) is 20.7. The summed E-state index contributed by atoms with van der Waals surface area (Å²) in [4.78, 5) is 21.1. The molecule has 1 aliphatic rings. The van der Waals surface area contributed by atoms with Crippen LogP contribution in [0.2, 0.25) is 0 Å². The van der Waals surface area contributed by atoms with Crippen molar-refractivity contribution >= 4 is 5.91 Å². The summed E-state index contributed by atoms with van der Waals surface area (Å²) in [5.74, 6) is 1.69. The van der Waals surface area contributed by atoms with Gasteiger partial charge in [-0.25, -0.2) is 9.97 Å². The summed E-state index contributed by atoms with van der Waals surface area (Å²) in [6.45, 7) is 4.27.